The Morgan fingerprint density at radius 2 is 1.91 bits per heavy atom. The lowest BCUT2D eigenvalue weighted by Crippen LogP contribution is -2.42. The highest BCUT2D eigenvalue weighted by molar-refractivity contribution is 6.02. The number of ether oxygens (including phenoxy) is 2. The molecular formula is C24H24FN5O3. The van der Waals surface area contributed by atoms with E-state index in [9.17, 15) is 9.18 Å². The number of hydrogen-bond donors (Lipinski definition) is 2. The number of fused-ring (bicyclic) bond motifs is 1. The first-order valence-corrected chi connectivity index (χ1v) is 10.8. The first-order chi connectivity index (χ1) is 16.0. The van der Waals surface area contributed by atoms with Crippen molar-refractivity contribution in [2.75, 3.05) is 30.0 Å². The number of amides is 2. The Morgan fingerprint density at radius 1 is 1.12 bits per heavy atom. The van der Waals surface area contributed by atoms with Gasteiger partial charge in [-0.25, -0.2) is 19.1 Å². The summed E-state index contributed by atoms with van der Waals surface area (Å²) >= 11 is 0. The van der Waals surface area contributed by atoms with Crippen molar-refractivity contribution in [3.8, 4) is 11.3 Å². The third-order valence-electron chi connectivity index (χ3n) is 5.73. The lowest BCUT2D eigenvalue weighted by Gasteiger charge is -2.31. The van der Waals surface area contributed by atoms with E-state index in [0.717, 1.165) is 27.9 Å². The zero-order chi connectivity index (χ0) is 22.9. The third kappa shape index (κ3) is 4.12. The summed E-state index contributed by atoms with van der Waals surface area (Å²) in [5, 5.41) is 6.10. The van der Waals surface area contributed by atoms with Gasteiger partial charge >= 0.3 is 6.03 Å². The molecule has 8 nitrogen and oxygen atoms in total. The standard InChI is InChI=1S/C24H24FN5O3/c1-14-5-3-4-6-19(14)30-22-18(12-27-24(30)31)21(17-8-7-16(25)11-15(17)2)28-23(29-22)26-13-20-32-9-10-33-20/h3-8,11,20H,9-10,12-13H2,1-2H3,(H,27,31)(H,26,28,29). The molecule has 0 saturated carbocycles. The number of para-hydroxylation sites is 1. The average molecular weight is 449 g/mol. The number of aromatic nitrogens is 2. The summed E-state index contributed by atoms with van der Waals surface area (Å²) in [7, 11) is 0. The van der Waals surface area contributed by atoms with Crippen molar-refractivity contribution >= 4 is 23.5 Å². The van der Waals surface area contributed by atoms with Gasteiger partial charge in [0.2, 0.25) is 5.95 Å². The Bertz CT molecular complexity index is 1210. The quantitative estimate of drug-likeness (QED) is 0.611. The predicted octanol–water partition coefficient (Wildman–Crippen LogP) is 4.05. The van der Waals surface area contributed by atoms with Crippen molar-refractivity contribution in [1.82, 2.24) is 15.3 Å². The smallest absolute Gasteiger partial charge is 0.328 e. The Labute approximate surface area is 190 Å². The highest BCUT2D eigenvalue weighted by Crippen LogP contribution is 2.38. The molecule has 3 aromatic rings. The molecule has 0 radical (unpaired) electrons. The van der Waals surface area contributed by atoms with E-state index in [1.807, 2.05) is 38.1 Å². The maximum atomic E-state index is 13.8. The van der Waals surface area contributed by atoms with Crippen LogP contribution in [0.2, 0.25) is 0 Å². The fourth-order valence-corrected chi connectivity index (χ4v) is 4.09. The summed E-state index contributed by atoms with van der Waals surface area (Å²) in [6, 6.07) is 11.9. The predicted molar refractivity (Wildman–Crippen MR) is 122 cm³/mol. The van der Waals surface area contributed by atoms with Gasteiger partial charge in [-0.3, -0.25) is 0 Å². The van der Waals surface area contributed by atoms with Gasteiger partial charge in [0, 0.05) is 11.1 Å². The van der Waals surface area contributed by atoms with E-state index in [4.69, 9.17) is 19.4 Å². The average Bonchev–Trinajstić information content (AvgIpc) is 3.32. The van der Waals surface area contributed by atoms with Crippen LogP contribution in [0.15, 0.2) is 42.5 Å². The number of carbonyl (C=O) groups is 1. The number of nitrogens with one attached hydrogen (secondary N) is 2. The molecule has 0 aliphatic carbocycles. The van der Waals surface area contributed by atoms with Gasteiger partial charge in [-0.2, -0.15) is 4.98 Å². The highest BCUT2D eigenvalue weighted by atomic mass is 19.1. The topological polar surface area (TPSA) is 88.6 Å². The summed E-state index contributed by atoms with van der Waals surface area (Å²) in [5.74, 6) is 0.500. The SMILES string of the molecule is Cc1cc(F)ccc1-c1nc(NCC2OCCO2)nc2c1CNC(=O)N2c1ccccc1C. The maximum Gasteiger partial charge on any atom is 0.328 e. The first kappa shape index (κ1) is 21.3. The van der Waals surface area contributed by atoms with E-state index >= 15 is 0 Å². The molecule has 1 saturated heterocycles. The Morgan fingerprint density at radius 3 is 2.67 bits per heavy atom. The van der Waals surface area contributed by atoms with Crippen LogP contribution in [0.25, 0.3) is 11.3 Å². The molecule has 3 heterocycles. The summed E-state index contributed by atoms with van der Waals surface area (Å²) < 4.78 is 24.8. The van der Waals surface area contributed by atoms with E-state index < -0.39 is 6.29 Å². The Hall–Kier alpha value is -3.56. The fraction of sp³-hybridized carbons (Fsp3) is 0.292. The summed E-state index contributed by atoms with van der Waals surface area (Å²) in [4.78, 5) is 24.0. The maximum absolute atomic E-state index is 13.8. The van der Waals surface area contributed by atoms with E-state index in [-0.39, 0.29) is 18.4 Å². The van der Waals surface area contributed by atoms with Gasteiger partial charge in [-0.1, -0.05) is 18.2 Å². The van der Waals surface area contributed by atoms with Crippen LogP contribution in [-0.2, 0) is 16.0 Å². The lowest BCUT2D eigenvalue weighted by atomic mass is 10.00. The molecule has 2 aliphatic rings. The number of hydrogen-bond acceptors (Lipinski definition) is 6. The molecule has 0 unspecified atom stereocenters. The number of rotatable bonds is 5. The van der Waals surface area contributed by atoms with Gasteiger partial charge in [0.25, 0.3) is 0 Å². The summed E-state index contributed by atoms with van der Waals surface area (Å²) in [5.41, 5.74) is 4.56. The first-order valence-electron chi connectivity index (χ1n) is 10.8. The normalized spacial score (nSPS) is 16.0. The number of aryl methyl sites for hydroxylation is 2. The minimum Gasteiger partial charge on any atom is -0.349 e. The molecule has 2 N–H and O–H groups in total. The van der Waals surface area contributed by atoms with E-state index in [1.165, 1.54) is 12.1 Å². The lowest BCUT2D eigenvalue weighted by molar-refractivity contribution is -0.0300. The number of halogens is 1. The molecule has 2 amide bonds. The molecule has 0 atom stereocenters. The van der Waals surface area contributed by atoms with Crippen LogP contribution in [0.4, 0.5) is 26.6 Å². The number of nitrogens with zero attached hydrogens (tertiary/aromatic N) is 3. The van der Waals surface area contributed by atoms with Crippen LogP contribution in [0, 0.1) is 19.7 Å². The second kappa shape index (κ2) is 8.76. The zero-order valence-corrected chi connectivity index (χ0v) is 18.4. The van der Waals surface area contributed by atoms with Gasteiger partial charge in [0.05, 0.1) is 37.7 Å². The number of benzene rings is 2. The van der Waals surface area contributed by atoms with Crippen molar-refractivity contribution in [1.29, 1.82) is 0 Å². The molecule has 33 heavy (non-hydrogen) atoms. The molecule has 1 fully saturated rings. The van der Waals surface area contributed by atoms with Crippen LogP contribution < -0.4 is 15.5 Å². The van der Waals surface area contributed by atoms with Crippen LogP contribution in [-0.4, -0.2) is 42.0 Å². The number of anilines is 3. The van der Waals surface area contributed by atoms with E-state index in [0.29, 0.717) is 37.2 Å². The van der Waals surface area contributed by atoms with Crippen LogP contribution in [0.3, 0.4) is 0 Å². The second-order valence-corrected chi connectivity index (χ2v) is 7.99. The van der Waals surface area contributed by atoms with Gasteiger partial charge in [0.15, 0.2) is 12.1 Å². The third-order valence-corrected chi connectivity index (χ3v) is 5.73. The van der Waals surface area contributed by atoms with Crippen LogP contribution in [0.1, 0.15) is 16.7 Å². The van der Waals surface area contributed by atoms with E-state index in [2.05, 4.69) is 10.6 Å². The Balaban J connectivity index is 1.65. The van der Waals surface area contributed by atoms with Crippen LogP contribution in [0.5, 0.6) is 0 Å². The molecule has 0 spiro atoms. The molecule has 5 rings (SSSR count). The molecular weight excluding hydrogens is 425 g/mol. The van der Waals surface area contributed by atoms with E-state index in [1.54, 1.807) is 11.0 Å². The number of urea groups is 1. The van der Waals surface area contributed by atoms with Crippen molar-refractivity contribution in [3.05, 3.63) is 65.0 Å². The van der Waals surface area contributed by atoms with Gasteiger partial charge in [-0.15, -0.1) is 0 Å². The van der Waals surface area contributed by atoms with Gasteiger partial charge in [0.1, 0.15) is 5.82 Å². The Kier molecular flexibility index (Phi) is 5.65. The molecule has 0 bridgehead atoms. The van der Waals surface area contributed by atoms with Crippen molar-refractivity contribution < 1.29 is 18.7 Å². The van der Waals surface area contributed by atoms with Crippen molar-refractivity contribution in [2.24, 2.45) is 0 Å². The largest absolute Gasteiger partial charge is 0.349 e. The summed E-state index contributed by atoms with van der Waals surface area (Å²) in [6.45, 7) is 5.48. The summed E-state index contributed by atoms with van der Waals surface area (Å²) in [6.07, 6.45) is -0.392. The van der Waals surface area contributed by atoms with Gasteiger partial charge in [-0.05, 0) is 49.2 Å². The van der Waals surface area contributed by atoms with Crippen LogP contribution >= 0.6 is 0 Å². The zero-order valence-electron chi connectivity index (χ0n) is 18.4. The van der Waals surface area contributed by atoms with Crippen molar-refractivity contribution in [3.63, 3.8) is 0 Å². The molecule has 2 aromatic carbocycles. The molecule has 9 heteroatoms. The van der Waals surface area contributed by atoms with Crippen molar-refractivity contribution in [2.45, 2.75) is 26.7 Å². The number of carbonyl (C=O) groups excluding carboxylic acids is 1. The molecule has 1 aromatic heterocycles. The monoisotopic (exact) mass is 449 g/mol. The van der Waals surface area contributed by atoms with Gasteiger partial charge < -0.3 is 20.1 Å². The second-order valence-electron chi connectivity index (χ2n) is 7.99. The molecule has 2 aliphatic heterocycles. The fourth-order valence-electron chi connectivity index (χ4n) is 4.09. The highest BCUT2D eigenvalue weighted by Gasteiger charge is 2.32. The minimum absolute atomic E-state index is 0.262. The minimum atomic E-state index is -0.392. The molecule has 170 valence electrons.